The summed E-state index contributed by atoms with van der Waals surface area (Å²) in [6, 6.07) is 18.7. The lowest BCUT2D eigenvalue weighted by Gasteiger charge is -2.07. The molecule has 0 radical (unpaired) electrons. The van der Waals surface area contributed by atoms with E-state index in [2.05, 4.69) is 34.6 Å². The Morgan fingerprint density at radius 3 is 2.60 bits per heavy atom. The van der Waals surface area contributed by atoms with Crippen LogP contribution in [0, 0.1) is 6.92 Å². The number of carbonyl (C=O) groups is 1. The Kier molecular flexibility index (Phi) is 5.81. The third kappa shape index (κ3) is 4.69. The Bertz CT molecular complexity index is 1170. The summed E-state index contributed by atoms with van der Waals surface area (Å²) in [6.45, 7) is 2.84. The van der Waals surface area contributed by atoms with Crippen molar-refractivity contribution in [3.8, 4) is 5.75 Å². The standard InChI is InChI=1S/C22H20ClN5O2/c1-16-6-2-3-7-17(16)14-27-13-11-21(26-27)24-22(29)19-10-12-28(25-19)15-30-20-9-5-4-8-18(20)23/h2-13H,14-15H2,1H3,(H,24,26,29). The number of nitrogens with zero attached hydrogens (tertiary/aromatic N) is 4. The Balaban J connectivity index is 1.35. The number of rotatable bonds is 7. The van der Waals surface area contributed by atoms with Crippen LogP contribution >= 0.6 is 11.6 Å². The highest BCUT2D eigenvalue weighted by molar-refractivity contribution is 6.32. The van der Waals surface area contributed by atoms with E-state index in [1.165, 1.54) is 15.8 Å². The maximum absolute atomic E-state index is 12.5. The SMILES string of the molecule is Cc1ccccc1Cn1ccc(NC(=O)c2ccn(COc3ccccc3Cl)n2)n1. The predicted octanol–water partition coefficient (Wildman–Crippen LogP) is 4.38. The van der Waals surface area contributed by atoms with E-state index in [0.29, 0.717) is 23.1 Å². The molecular formula is C22H20ClN5O2. The lowest BCUT2D eigenvalue weighted by molar-refractivity contribution is 0.101. The van der Waals surface area contributed by atoms with E-state index >= 15 is 0 Å². The van der Waals surface area contributed by atoms with E-state index < -0.39 is 0 Å². The Hall–Kier alpha value is -3.58. The van der Waals surface area contributed by atoms with Crippen molar-refractivity contribution in [3.05, 3.63) is 94.9 Å². The monoisotopic (exact) mass is 421 g/mol. The molecule has 2 heterocycles. The Morgan fingerprint density at radius 1 is 1.00 bits per heavy atom. The van der Waals surface area contributed by atoms with Gasteiger partial charge in [0.25, 0.3) is 5.91 Å². The molecule has 7 nitrogen and oxygen atoms in total. The van der Waals surface area contributed by atoms with Gasteiger partial charge in [0.1, 0.15) is 5.75 Å². The van der Waals surface area contributed by atoms with Gasteiger partial charge in [-0.3, -0.25) is 9.48 Å². The molecule has 0 saturated carbocycles. The van der Waals surface area contributed by atoms with Crippen molar-refractivity contribution < 1.29 is 9.53 Å². The van der Waals surface area contributed by atoms with Crippen LogP contribution < -0.4 is 10.1 Å². The summed E-state index contributed by atoms with van der Waals surface area (Å²) in [5, 5.41) is 11.9. The quantitative estimate of drug-likeness (QED) is 0.480. The molecule has 1 amide bonds. The van der Waals surface area contributed by atoms with Crippen LogP contribution in [0.3, 0.4) is 0 Å². The first kappa shape index (κ1) is 19.7. The zero-order valence-corrected chi connectivity index (χ0v) is 17.1. The number of para-hydroxylation sites is 1. The van der Waals surface area contributed by atoms with Crippen molar-refractivity contribution in [3.63, 3.8) is 0 Å². The van der Waals surface area contributed by atoms with Crippen LogP contribution in [0.4, 0.5) is 5.82 Å². The molecule has 0 aliphatic heterocycles. The molecule has 0 aliphatic rings. The van der Waals surface area contributed by atoms with E-state index in [4.69, 9.17) is 16.3 Å². The largest absolute Gasteiger partial charge is 0.470 e. The number of halogens is 1. The molecule has 0 saturated heterocycles. The maximum atomic E-state index is 12.5. The molecular weight excluding hydrogens is 402 g/mol. The summed E-state index contributed by atoms with van der Waals surface area (Å²) in [6.07, 6.45) is 3.50. The van der Waals surface area contributed by atoms with Gasteiger partial charge in [-0.05, 0) is 36.2 Å². The highest BCUT2D eigenvalue weighted by Gasteiger charge is 2.12. The minimum Gasteiger partial charge on any atom is -0.470 e. The number of amides is 1. The second-order valence-electron chi connectivity index (χ2n) is 6.72. The smallest absolute Gasteiger partial charge is 0.277 e. The molecule has 0 fully saturated rings. The summed E-state index contributed by atoms with van der Waals surface area (Å²) < 4.78 is 8.93. The molecule has 30 heavy (non-hydrogen) atoms. The lowest BCUT2D eigenvalue weighted by atomic mass is 10.1. The van der Waals surface area contributed by atoms with Crippen LogP contribution in [0.2, 0.25) is 5.02 Å². The highest BCUT2D eigenvalue weighted by atomic mass is 35.5. The van der Waals surface area contributed by atoms with Crippen LogP contribution in [0.25, 0.3) is 0 Å². The van der Waals surface area contributed by atoms with Crippen LogP contribution in [0.1, 0.15) is 21.6 Å². The second-order valence-corrected chi connectivity index (χ2v) is 7.13. The van der Waals surface area contributed by atoms with Gasteiger partial charge in [-0.2, -0.15) is 10.2 Å². The van der Waals surface area contributed by atoms with Crippen molar-refractivity contribution in [1.82, 2.24) is 19.6 Å². The molecule has 2 aromatic heterocycles. The Morgan fingerprint density at radius 2 is 1.77 bits per heavy atom. The summed E-state index contributed by atoms with van der Waals surface area (Å²) in [4.78, 5) is 12.5. The number of anilines is 1. The van der Waals surface area contributed by atoms with Crippen LogP contribution in [0.15, 0.2) is 73.1 Å². The highest BCUT2D eigenvalue weighted by Crippen LogP contribution is 2.23. The first-order chi connectivity index (χ1) is 14.6. The first-order valence-corrected chi connectivity index (χ1v) is 9.76. The van der Waals surface area contributed by atoms with E-state index in [0.717, 1.165) is 0 Å². The fraction of sp³-hybridized carbons (Fsp3) is 0.136. The zero-order valence-electron chi connectivity index (χ0n) is 16.3. The second kappa shape index (κ2) is 8.84. The van der Waals surface area contributed by atoms with Gasteiger partial charge >= 0.3 is 0 Å². The topological polar surface area (TPSA) is 74.0 Å². The molecule has 4 rings (SSSR count). The minimum absolute atomic E-state index is 0.141. The molecule has 2 aromatic carbocycles. The molecule has 0 bridgehead atoms. The normalized spacial score (nSPS) is 10.7. The number of hydrogen-bond acceptors (Lipinski definition) is 4. The lowest BCUT2D eigenvalue weighted by Crippen LogP contribution is -2.15. The average molecular weight is 422 g/mol. The van der Waals surface area contributed by atoms with Gasteiger partial charge < -0.3 is 10.1 Å². The number of hydrogen-bond donors (Lipinski definition) is 1. The average Bonchev–Trinajstić information content (AvgIpc) is 3.39. The molecule has 4 aromatic rings. The molecule has 0 atom stereocenters. The molecule has 152 valence electrons. The van der Waals surface area contributed by atoms with Gasteiger partial charge in [-0.25, -0.2) is 4.68 Å². The van der Waals surface area contributed by atoms with Gasteiger partial charge in [0, 0.05) is 18.5 Å². The predicted molar refractivity (Wildman–Crippen MR) is 115 cm³/mol. The van der Waals surface area contributed by atoms with E-state index in [1.54, 1.807) is 35.1 Å². The van der Waals surface area contributed by atoms with Gasteiger partial charge in [0.2, 0.25) is 0 Å². The van der Waals surface area contributed by atoms with E-state index in [1.807, 2.05) is 30.5 Å². The van der Waals surface area contributed by atoms with Crippen molar-refractivity contribution in [1.29, 1.82) is 0 Å². The van der Waals surface area contributed by atoms with Gasteiger partial charge in [-0.15, -0.1) is 0 Å². The first-order valence-electron chi connectivity index (χ1n) is 9.38. The molecule has 1 N–H and O–H groups in total. The van der Waals surface area contributed by atoms with E-state index in [9.17, 15) is 4.79 Å². The van der Waals surface area contributed by atoms with Gasteiger partial charge in [0.05, 0.1) is 11.6 Å². The van der Waals surface area contributed by atoms with Crippen molar-refractivity contribution in [2.75, 3.05) is 5.32 Å². The molecule has 8 heteroatoms. The Labute approximate surface area is 178 Å². The van der Waals surface area contributed by atoms with Gasteiger partial charge in [-0.1, -0.05) is 48.0 Å². The third-order valence-corrected chi connectivity index (χ3v) is 4.85. The van der Waals surface area contributed by atoms with Crippen molar-refractivity contribution >= 4 is 23.3 Å². The number of aryl methyl sites for hydroxylation is 1. The summed E-state index contributed by atoms with van der Waals surface area (Å²) in [5.41, 5.74) is 2.64. The van der Waals surface area contributed by atoms with Crippen LogP contribution in [-0.4, -0.2) is 25.5 Å². The summed E-state index contributed by atoms with van der Waals surface area (Å²) >= 11 is 6.07. The molecule has 0 aliphatic carbocycles. The number of aromatic nitrogens is 4. The molecule has 0 spiro atoms. The number of benzene rings is 2. The summed E-state index contributed by atoms with van der Waals surface area (Å²) in [5.74, 6) is 0.683. The van der Waals surface area contributed by atoms with Crippen molar-refractivity contribution in [2.45, 2.75) is 20.2 Å². The fourth-order valence-corrected chi connectivity index (χ4v) is 3.10. The van der Waals surface area contributed by atoms with Crippen molar-refractivity contribution in [2.24, 2.45) is 0 Å². The summed E-state index contributed by atoms with van der Waals surface area (Å²) in [7, 11) is 0. The fourth-order valence-electron chi connectivity index (χ4n) is 2.91. The molecule has 0 unspecified atom stereocenters. The minimum atomic E-state index is -0.340. The van der Waals surface area contributed by atoms with E-state index in [-0.39, 0.29) is 18.3 Å². The third-order valence-electron chi connectivity index (χ3n) is 4.54. The number of ether oxygens (including phenoxy) is 1. The maximum Gasteiger partial charge on any atom is 0.277 e. The number of carbonyl (C=O) groups excluding carboxylic acids is 1. The number of nitrogens with one attached hydrogen (secondary N) is 1. The zero-order chi connectivity index (χ0) is 20.9. The van der Waals surface area contributed by atoms with Crippen LogP contribution in [0.5, 0.6) is 5.75 Å². The van der Waals surface area contributed by atoms with Gasteiger partial charge in [0.15, 0.2) is 18.2 Å². The van der Waals surface area contributed by atoms with Crippen LogP contribution in [-0.2, 0) is 13.3 Å².